The Bertz CT molecular complexity index is 878. The second kappa shape index (κ2) is 7.82. The SMILES string of the molecule is Cc1ccc(CNC(=O)CN2C(=O)C(=O)N(Cc3ccccc3)C2=O)cc1. The van der Waals surface area contributed by atoms with Crippen molar-refractivity contribution < 1.29 is 19.2 Å². The first-order valence-electron chi connectivity index (χ1n) is 8.49. The van der Waals surface area contributed by atoms with E-state index in [9.17, 15) is 19.2 Å². The second-order valence-corrected chi connectivity index (χ2v) is 6.31. The molecular formula is C20H19N3O4. The normalized spacial score (nSPS) is 14.0. The molecule has 0 aromatic heterocycles. The Balaban J connectivity index is 1.59. The Morgan fingerprint density at radius 2 is 1.48 bits per heavy atom. The van der Waals surface area contributed by atoms with Crippen LogP contribution in [0.4, 0.5) is 4.79 Å². The smallest absolute Gasteiger partial charge is 0.335 e. The van der Waals surface area contributed by atoms with E-state index in [4.69, 9.17) is 0 Å². The summed E-state index contributed by atoms with van der Waals surface area (Å²) in [6.07, 6.45) is 0. The molecule has 0 unspecified atom stereocenters. The first-order chi connectivity index (χ1) is 13.0. The number of benzene rings is 2. The van der Waals surface area contributed by atoms with Crippen molar-refractivity contribution in [2.24, 2.45) is 0 Å². The highest BCUT2D eigenvalue weighted by Gasteiger charge is 2.45. The zero-order valence-corrected chi connectivity index (χ0v) is 14.8. The quantitative estimate of drug-likeness (QED) is 0.622. The summed E-state index contributed by atoms with van der Waals surface area (Å²) in [5, 5.41) is 2.65. The van der Waals surface area contributed by atoms with Gasteiger partial charge in [-0.05, 0) is 18.1 Å². The number of nitrogens with zero attached hydrogens (tertiary/aromatic N) is 2. The Kier molecular flexibility index (Phi) is 5.30. The molecule has 0 bridgehead atoms. The largest absolute Gasteiger partial charge is 0.350 e. The molecule has 2 aromatic carbocycles. The Hall–Kier alpha value is -3.48. The summed E-state index contributed by atoms with van der Waals surface area (Å²) in [7, 11) is 0. The zero-order valence-electron chi connectivity index (χ0n) is 14.8. The van der Waals surface area contributed by atoms with Gasteiger partial charge < -0.3 is 5.32 Å². The lowest BCUT2D eigenvalue weighted by molar-refractivity contribution is -0.144. The van der Waals surface area contributed by atoms with Gasteiger partial charge in [0.1, 0.15) is 6.54 Å². The van der Waals surface area contributed by atoms with Gasteiger partial charge in [0.25, 0.3) is 0 Å². The van der Waals surface area contributed by atoms with Crippen LogP contribution < -0.4 is 5.32 Å². The van der Waals surface area contributed by atoms with Gasteiger partial charge in [0.05, 0.1) is 6.54 Å². The number of hydrogen-bond acceptors (Lipinski definition) is 4. The Morgan fingerprint density at radius 1 is 0.852 bits per heavy atom. The van der Waals surface area contributed by atoms with Crippen LogP contribution >= 0.6 is 0 Å². The molecule has 3 rings (SSSR count). The fourth-order valence-electron chi connectivity index (χ4n) is 2.70. The maximum Gasteiger partial charge on any atom is 0.335 e. The average molecular weight is 365 g/mol. The van der Waals surface area contributed by atoms with Crippen LogP contribution in [0, 0.1) is 6.92 Å². The molecule has 7 nitrogen and oxygen atoms in total. The lowest BCUT2D eigenvalue weighted by Crippen LogP contribution is -2.41. The van der Waals surface area contributed by atoms with E-state index in [1.165, 1.54) is 0 Å². The van der Waals surface area contributed by atoms with Gasteiger partial charge in [-0.1, -0.05) is 60.2 Å². The Labute approximate surface area is 156 Å². The third-order valence-corrected chi connectivity index (χ3v) is 4.23. The molecule has 0 saturated carbocycles. The predicted molar refractivity (Wildman–Crippen MR) is 97.1 cm³/mol. The van der Waals surface area contributed by atoms with E-state index in [-0.39, 0.29) is 13.1 Å². The molecule has 1 aliphatic heterocycles. The molecule has 138 valence electrons. The van der Waals surface area contributed by atoms with E-state index in [1.54, 1.807) is 24.3 Å². The summed E-state index contributed by atoms with van der Waals surface area (Å²) < 4.78 is 0. The van der Waals surface area contributed by atoms with Crippen molar-refractivity contribution in [2.75, 3.05) is 6.54 Å². The predicted octanol–water partition coefficient (Wildman–Crippen LogP) is 1.60. The van der Waals surface area contributed by atoms with Crippen LogP contribution in [0.1, 0.15) is 16.7 Å². The highest BCUT2D eigenvalue weighted by Crippen LogP contribution is 2.15. The van der Waals surface area contributed by atoms with E-state index in [0.29, 0.717) is 4.90 Å². The van der Waals surface area contributed by atoms with Crippen LogP contribution in [-0.4, -0.2) is 40.1 Å². The molecule has 5 amide bonds. The molecule has 1 heterocycles. The van der Waals surface area contributed by atoms with Crippen molar-refractivity contribution in [3.05, 3.63) is 71.3 Å². The molecule has 0 spiro atoms. The first kappa shape index (κ1) is 18.3. The van der Waals surface area contributed by atoms with E-state index in [0.717, 1.165) is 21.6 Å². The van der Waals surface area contributed by atoms with Crippen LogP contribution in [0.3, 0.4) is 0 Å². The fourth-order valence-corrected chi connectivity index (χ4v) is 2.70. The van der Waals surface area contributed by atoms with Gasteiger partial charge in [0.15, 0.2) is 0 Å². The lowest BCUT2D eigenvalue weighted by Gasteiger charge is -2.15. The minimum Gasteiger partial charge on any atom is -0.350 e. The summed E-state index contributed by atoms with van der Waals surface area (Å²) >= 11 is 0. The summed E-state index contributed by atoms with van der Waals surface area (Å²) in [4.78, 5) is 50.3. The number of amides is 5. The van der Waals surface area contributed by atoms with Crippen molar-refractivity contribution in [1.29, 1.82) is 0 Å². The van der Waals surface area contributed by atoms with Crippen LogP contribution in [0.5, 0.6) is 0 Å². The average Bonchev–Trinajstić information content (AvgIpc) is 2.86. The lowest BCUT2D eigenvalue weighted by atomic mass is 10.1. The van der Waals surface area contributed by atoms with Gasteiger partial charge in [0.2, 0.25) is 5.91 Å². The first-order valence-corrected chi connectivity index (χ1v) is 8.49. The van der Waals surface area contributed by atoms with Gasteiger partial charge >= 0.3 is 17.8 Å². The number of carbonyl (C=O) groups excluding carboxylic acids is 4. The van der Waals surface area contributed by atoms with Gasteiger partial charge in [-0.2, -0.15) is 0 Å². The number of carbonyl (C=O) groups is 4. The summed E-state index contributed by atoms with van der Waals surface area (Å²) in [5.41, 5.74) is 2.72. The van der Waals surface area contributed by atoms with Crippen molar-refractivity contribution in [3.63, 3.8) is 0 Å². The standard InChI is InChI=1S/C20H19N3O4/c1-14-7-9-15(10-8-14)11-21-17(24)13-23-19(26)18(25)22(20(23)27)12-16-5-3-2-4-6-16/h2-10H,11-13H2,1H3,(H,21,24). The molecule has 7 heteroatoms. The molecular weight excluding hydrogens is 346 g/mol. The molecule has 0 atom stereocenters. The van der Waals surface area contributed by atoms with E-state index in [1.807, 2.05) is 37.3 Å². The van der Waals surface area contributed by atoms with E-state index < -0.39 is 30.3 Å². The van der Waals surface area contributed by atoms with Gasteiger partial charge in [-0.15, -0.1) is 0 Å². The van der Waals surface area contributed by atoms with Gasteiger partial charge in [0, 0.05) is 6.54 Å². The summed E-state index contributed by atoms with van der Waals surface area (Å²) in [6, 6.07) is 15.7. The minimum absolute atomic E-state index is 0.00820. The maximum absolute atomic E-state index is 12.4. The van der Waals surface area contributed by atoms with E-state index in [2.05, 4.69) is 5.32 Å². The molecule has 0 aliphatic carbocycles. The van der Waals surface area contributed by atoms with Crippen LogP contribution in [0.2, 0.25) is 0 Å². The molecule has 2 aromatic rings. The number of hydrogen-bond donors (Lipinski definition) is 1. The van der Waals surface area contributed by atoms with E-state index >= 15 is 0 Å². The number of rotatable bonds is 6. The third kappa shape index (κ3) is 4.20. The number of nitrogens with one attached hydrogen (secondary N) is 1. The van der Waals surface area contributed by atoms with Crippen molar-refractivity contribution in [2.45, 2.75) is 20.0 Å². The molecule has 1 N–H and O–H groups in total. The highest BCUT2D eigenvalue weighted by molar-refractivity contribution is 6.44. The van der Waals surface area contributed by atoms with Crippen molar-refractivity contribution in [3.8, 4) is 0 Å². The van der Waals surface area contributed by atoms with Crippen molar-refractivity contribution >= 4 is 23.8 Å². The zero-order chi connectivity index (χ0) is 19.4. The summed E-state index contributed by atoms with van der Waals surface area (Å²) in [6.45, 7) is 1.74. The minimum atomic E-state index is -0.985. The number of imide groups is 2. The fraction of sp³-hybridized carbons (Fsp3) is 0.200. The molecule has 1 saturated heterocycles. The number of aryl methyl sites for hydroxylation is 1. The highest BCUT2D eigenvalue weighted by atomic mass is 16.2. The molecule has 1 aliphatic rings. The van der Waals surface area contributed by atoms with Crippen LogP contribution in [0.15, 0.2) is 54.6 Å². The van der Waals surface area contributed by atoms with Gasteiger partial charge in [-0.25, -0.2) is 9.69 Å². The second-order valence-electron chi connectivity index (χ2n) is 6.31. The molecule has 1 fully saturated rings. The molecule has 27 heavy (non-hydrogen) atoms. The Morgan fingerprint density at radius 3 is 2.15 bits per heavy atom. The number of urea groups is 1. The van der Waals surface area contributed by atoms with Crippen LogP contribution in [0.25, 0.3) is 0 Å². The topological polar surface area (TPSA) is 86.8 Å². The van der Waals surface area contributed by atoms with Gasteiger partial charge in [-0.3, -0.25) is 19.3 Å². The van der Waals surface area contributed by atoms with Crippen molar-refractivity contribution in [1.82, 2.24) is 15.1 Å². The van der Waals surface area contributed by atoms with Crippen LogP contribution in [-0.2, 0) is 27.5 Å². The monoisotopic (exact) mass is 365 g/mol. The maximum atomic E-state index is 12.4. The molecule has 0 radical (unpaired) electrons. The third-order valence-electron chi connectivity index (χ3n) is 4.23. The summed E-state index contributed by atoms with van der Waals surface area (Å²) in [5.74, 6) is -2.41.